The third-order valence-corrected chi connectivity index (χ3v) is 8.80. The zero-order valence-electron chi connectivity index (χ0n) is 22.1. The highest BCUT2D eigenvalue weighted by Crippen LogP contribution is 2.35. The van der Waals surface area contributed by atoms with Gasteiger partial charge in [-0.05, 0) is 63.8 Å². The Labute approximate surface area is 230 Å². The molecule has 0 aliphatic rings. The lowest BCUT2D eigenvalue weighted by Crippen LogP contribution is -2.36. The predicted molar refractivity (Wildman–Crippen MR) is 154 cm³/mol. The number of likely N-dealkylation sites (N-methyl/N-ethyl adjacent to an activating group) is 1. The fourth-order valence-electron chi connectivity index (χ4n) is 3.74. The Morgan fingerprint density at radius 1 is 1.00 bits per heavy atom. The van der Waals surface area contributed by atoms with Crippen molar-refractivity contribution in [2.45, 2.75) is 38.5 Å². The molecule has 1 amide bonds. The Morgan fingerprint density at radius 2 is 1.70 bits per heavy atom. The van der Waals surface area contributed by atoms with E-state index in [9.17, 15) is 13.2 Å². The van der Waals surface area contributed by atoms with E-state index in [1.54, 1.807) is 17.0 Å². The Bertz CT molecular complexity index is 1260. The largest absolute Gasteiger partial charge is 0.492 e. The summed E-state index contributed by atoms with van der Waals surface area (Å²) in [5.74, 6) is 0.465. The van der Waals surface area contributed by atoms with Gasteiger partial charge < -0.3 is 9.64 Å². The van der Waals surface area contributed by atoms with Crippen LogP contribution in [-0.4, -0.2) is 75.4 Å². The van der Waals surface area contributed by atoms with Crippen molar-refractivity contribution in [1.29, 1.82) is 0 Å². The number of carbonyl (C=O) groups is 1. The van der Waals surface area contributed by atoms with E-state index in [-0.39, 0.29) is 23.2 Å². The molecule has 0 unspecified atom stereocenters. The van der Waals surface area contributed by atoms with Crippen LogP contribution < -0.4 is 9.64 Å². The first-order valence-electron chi connectivity index (χ1n) is 12.3. The van der Waals surface area contributed by atoms with Gasteiger partial charge in [0.2, 0.25) is 10.0 Å². The second-order valence-electron chi connectivity index (χ2n) is 8.67. The predicted octanol–water partition coefficient (Wildman–Crippen LogP) is 5.14. The molecule has 204 valence electrons. The molecule has 11 heteroatoms. The van der Waals surface area contributed by atoms with Crippen molar-refractivity contribution in [3.05, 3.63) is 48.0 Å². The van der Waals surface area contributed by atoms with Crippen molar-refractivity contribution in [2.75, 3.05) is 51.8 Å². The second-order valence-corrected chi connectivity index (χ2v) is 11.6. The van der Waals surface area contributed by atoms with Crippen LogP contribution >= 0.6 is 23.7 Å². The van der Waals surface area contributed by atoms with Crippen LogP contribution in [0.3, 0.4) is 0 Å². The van der Waals surface area contributed by atoms with Gasteiger partial charge >= 0.3 is 0 Å². The summed E-state index contributed by atoms with van der Waals surface area (Å²) in [5, 5.41) is 0.581. The molecule has 1 heterocycles. The van der Waals surface area contributed by atoms with Crippen LogP contribution in [0.1, 0.15) is 44.0 Å². The summed E-state index contributed by atoms with van der Waals surface area (Å²) in [4.78, 5) is 22.2. The van der Waals surface area contributed by atoms with E-state index in [2.05, 4.69) is 0 Å². The molecule has 0 radical (unpaired) electrons. The lowest BCUT2D eigenvalue weighted by molar-refractivity contribution is 0.0985. The highest BCUT2D eigenvalue weighted by Gasteiger charge is 2.25. The molecule has 0 atom stereocenters. The molecule has 0 bridgehead atoms. The van der Waals surface area contributed by atoms with Gasteiger partial charge in [0.25, 0.3) is 5.91 Å². The van der Waals surface area contributed by atoms with Gasteiger partial charge in [-0.25, -0.2) is 13.4 Å². The number of para-hydroxylation sites is 1. The number of hydrogen-bond donors (Lipinski definition) is 0. The minimum absolute atomic E-state index is 0. The lowest BCUT2D eigenvalue weighted by atomic mass is 10.2. The molecule has 0 spiro atoms. The Kier molecular flexibility index (Phi) is 11.8. The summed E-state index contributed by atoms with van der Waals surface area (Å²) in [5.41, 5.74) is 1.14. The maximum Gasteiger partial charge on any atom is 0.260 e. The summed E-state index contributed by atoms with van der Waals surface area (Å²) >= 11 is 1.43. The molecule has 0 saturated carbocycles. The molecule has 3 aromatic rings. The van der Waals surface area contributed by atoms with Gasteiger partial charge in [0, 0.05) is 31.7 Å². The average Bonchev–Trinajstić information content (AvgIpc) is 3.29. The Balaban J connectivity index is 0.00000481. The van der Waals surface area contributed by atoms with Gasteiger partial charge in [-0.3, -0.25) is 9.69 Å². The van der Waals surface area contributed by atoms with Gasteiger partial charge in [-0.1, -0.05) is 37.7 Å². The fraction of sp³-hybridized carbons (Fsp3) is 0.462. The third kappa shape index (κ3) is 7.42. The zero-order chi connectivity index (χ0) is 26.3. The fourth-order valence-corrected chi connectivity index (χ4v) is 6.24. The van der Waals surface area contributed by atoms with E-state index >= 15 is 0 Å². The number of aromatic nitrogens is 1. The van der Waals surface area contributed by atoms with Crippen molar-refractivity contribution in [3.8, 4) is 5.75 Å². The van der Waals surface area contributed by atoms with Crippen molar-refractivity contribution in [1.82, 2.24) is 14.2 Å². The smallest absolute Gasteiger partial charge is 0.260 e. The van der Waals surface area contributed by atoms with E-state index in [0.29, 0.717) is 49.2 Å². The molecular formula is C26H37ClN4O4S2. The standard InChI is InChI=1S/C26H36N4O4S2.ClH/c1-6-9-17-29(7-2)36(32,33)21-15-13-20(14-16-21)25(31)30(19-18-28(4)5)26-27-24-22(34-8-3)11-10-12-23(24)35-26;/h10-16H,6-9,17-19H2,1-5H3;1H. The number of fused-ring (bicyclic) bond motifs is 1. The van der Waals surface area contributed by atoms with Crippen LogP contribution in [-0.2, 0) is 10.0 Å². The van der Waals surface area contributed by atoms with E-state index in [0.717, 1.165) is 23.1 Å². The number of thiazole rings is 1. The number of sulfonamides is 1. The topological polar surface area (TPSA) is 83.1 Å². The molecule has 0 fully saturated rings. The number of nitrogens with zero attached hydrogens (tertiary/aromatic N) is 4. The minimum Gasteiger partial charge on any atom is -0.492 e. The molecule has 1 aromatic heterocycles. The summed E-state index contributed by atoms with van der Waals surface area (Å²) in [6.45, 7) is 8.30. The van der Waals surface area contributed by atoms with Crippen LogP contribution in [0, 0.1) is 0 Å². The summed E-state index contributed by atoms with van der Waals surface area (Å²) < 4.78 is 34.3. The molecule has 0 N–H and O–H groups in total. The molecule has 0 aliphatic carbocycles. The normalized spacial score (nSPS) is 11.6. The highest BCUT2D eigenvalue weighted by atomic mass is 35.5. The average molecular weight is 569 g/mol. The van der Waals surface area contributed by atoms with E-state index in [1.807, 2.05) is 58.0 Å². The summed E-state index contributed by atoms with van der Waals surface area (Å²) in [7, 11) is 0.291. The lowest BCUT2D eigenvalue weighted by Gasteiger charge is -2.23. The monoisotopic (exact) mass is 568 g/mol. The van der Waals surface area contributed by atoms with Crippen molar-refractivity contribution >= 4 is 55.0 Å². The summed E-state index contributed by atoms with van der Waals surface area (Å²) in [6, 6.07) is 12.0. The first-order chi connectivity index (χ1) is 17.2. The molecular weight excluding hydrogens is 532 g/mol. The molecule has 37 heavy (non-hydrogen) atoms. The first kappa shape index (κ1) is 31.0. The van der Waals surface area contributed by atoms with Crippen LogP contribution in [0.15, 0.2) is 47.4 Å². The van der Waals surface area contributed by atoms with Gasteiger partial charge in [0.05, 0.1) is 16.2 Å². The van der Waals surface area contributed by atoms with Gasteiger partial charge in [-0.15, -0.1) is 12.4 Å². The number of benzene rings is 2. The number of unbranched alkanes of at least 4 members (excludes halogenated alkanes) is 1. The van der Waals surface area contributed by atoms with Gasteiger partial charge in [0.1, 0.15) is 11.3 Å². The van der Waals surface area contributed by atoms with Crippen molar-refractivity contribution in [2.24, 2.45) is 0 Å². The highest BCUT2D eigenvalue weighted by molar-refractivity contribution is 7.89. The molecule has 2 aromatic carbocycles. The molecule has 8 nitrogen and oxygen atoms in total. The molecule has 3 rings (SSSR count). The van der Waals surface area contributed by atoms with Gasteiger partial charge in [0.15, 0.2) is 5.13 Å². The van der Waals surface area contributed by atoms with E-state index < -0.39 is 10.0 Å². The maximum atomic E-state index is 13.6. The van der Waals surface area contributed by atoms with Crippen molar-refractivity contribution < 1.29 is 17.9 Å². The van der Waals surface area contributed by atoms with Crippen LogP contribution in [0.2, 0.25) is 0 Å². The first-order valence-corrected chi connectivity index (χ1v) is 14.6. The van der Waals surface area contributed by atoms with E-state index in [1.165, 1.54) is 27.8 Å². The Hall–Kier alpha value is -2.24. The summed E-state index contributed by atoms with van der Waals surface area (Å²) in [6.07, 6.45) is 1.72. The third-order valence-electron chi connectivity index (χ3n) is 5.77. The maximum absolute atomic E-state index is 13.6. The quantitative estimate of drug-likeness (QED) is 0.284. The molecule has 0 saturated heterocycles. The number of carbonyl (C=O) groups excluding carboxylic acids is 1. The second kappa shape index (κ2) is 14.1. The number of ether oxygens (including phenoxy) is 1. The van der Waals surface area contributed by atoms with Crippen LogP contribution in [0.25, 0.3) is 10.2 Å². The van der Waals surface area contributed by atoms with Crippen molar-refractivity contribution in [3.63, 3.8) is 0 Å². The zero-order valence-corrected chi connectivity index (χ0v) is 24.6. The number of rotatable bonds is 13. The van der Waals surface area contributed by atoms with Crippen LogP contribution in [0.4, 0.5) is 5.13 Å². The number of amides is 1. The Morgan fingerprint density at radius 3 is 2.30 bits per heavy atom. The number of hydrogen-bond acceptors (Lipinski definition) is 7. The van der Waals surface area contributed by atoms with Gasteiger partial charge in [-0.2, -0.15) is 4.31 Å². The van der Waals surface area contributed by atoms with E-state index in [4.69, 9.17) is 9.72 Å². The SMILES string of the molecule is CCCCN(CC)S(=O)(=O)c1ccc(C(=O)N(CCN(C)C)c2nc3c(OCC)cccc3s2)cc1.Cl. The number of anilines is 1. The van der Waals surface area contributed by atoms with Crippen LogP contribution in [0.5, 0.6) is 5.75 Å². The molecule has 0 aliphatic heterocycles. The minimum atomic E-state index is -3.61. The number of halogens is 1.